The van der Waals surface area contributed by atoms with Gasteiger partial charge in [0.15, 0.2) is 11.6 Å². The Balaban J connectivity index is 2.92. The van der Waals surface area contributed by atoms with E-state index in [0.717, 1.165) is 6.07 Å². The lowest BCUT2D eigenvalue weighted by molar-refractivity contribution is -0.138. The van der Waals surface area contributed by atoms with Gasteiger partial charge in [0.2, 0.25) is 0 Å². The van der Waals surface area contributed by atoms with Gasteiger partial charge in [-0.05, 0) is 30.5 Å². The van der Waals surface area contributed by atoms with E-state index in [0.29, 0.717) is 5.56 Å². The van der Waals surface area contributed by atoms with Crippen LogP contribution >= 0.6 is 0 Å². The molecule has 82 valence electrons. The first-order chi connectivity index (χ1) is 6.91. The summed E-state index contributed by atoms with van der Waals surface area (Å²) >= 11 is 0. The van der Waals surface area contributed by atoms with Gasteiger partial charge in [0, 0.05) is 0 Å². The number of hydrogen-bond acceptors (Lipinski definition) is 2. The molecule has 0 saturated carbocycles. The second-order valence-electron chi connectivity index (χ2n) is 3.36. The molecule has 1 rings (SSSR count). The zero-order chi connectivity index (χ0) is 11.6. The standard InChI is InChI=1S/C10H11F2NO2/c1-5-2-6(3-7(11)9(5)12)4-8(13)10(14)15/h2-3,8H,4,13H2,1H3,(H,14,15). The average Bonchev–Trinajstić information content (AvgIpc) is 2.13. The molecule has 1 unspecified atom stereocenters. The second kappa shape index (κ2) is 4.35. The van der Waals surface area contributed by atoms with Gasteiger partial charge in [0.05, 0.1) is 0 Å². The maximum atomic E-state index is 12.9. The monoisotopic (exact) mass is 215 g/mol. The maximum Gasteiger partial charge on any atom is 0.320 e. The predicted molar refractivity (Wildman–Crippen MR) is 50.4 cm³/mol. The summed E-state index contributed by atoms with van der Waals surface area (Å²) in [6.07, 6.45) is -0.0205. The van der Waals surface area contributed by atoms with Crippen LogP contribution in [0, 0.1) is 18.6 Å². The van der Waals surface area contributed by atoms with Crippen LogP contribution in [0.15, 0.2) is 12.1 Å². The quantitative estimate of drug-likeness (QED) is 0.797. The smallest absolute Gasteiger partial charge is 0.320 e. The van der Waals surface area contributed by atoms with Gasteiger partial charge in [-0.15, -0.1) is 0 Å². The highest BCUT2D eigenvalue weighted by Crippen LogP contribution is 2.15. The zero-order valence-corrected chi connectivity index (χ0v) is 8.13. The van der Waals surface area contributed by atoms with E-state index in [1.54, 1.807) is 0 Å². The van der Waals surface area contributed by atoms with Gasteiger partial charge < -0.3 is 10.8 Å². The first kappa shape index (κ1) is 11.6. The summed E-state index contributed by atoms with van der Waals surface area (Å²) in [6, 6.07) is 1.25. The van der Waals surface area contributed by atoms with Gasteiger partial charge in [-0.1, -0.05) is 6.07 Å². The van der Waals surface area contributed by atoms with Crippen molar-refractivity contribution in [3.63, 3.8) is 0 Å². The first-order valence-corrected chi connectivity index (χ1v) is 4.34. The van der Waals surface area contributed by atoms with Gasteiger partial charge in [0.1, 0.15) is 6.04 Å². The fourth-order valence-corrected chi connectivity index (χ4v) is 1.26. The van der Waals surface area contributed by atoms with Crippen LogP contribution in [-0.4, -0.2) is 17.1 Å². The van der Waals surface area contributed by atoms with Gasteiger partial charge >= 0.3 is 5.97 Å². The molecule has 0 fully saturated rings. The minimum atomic E-state index is -1.17. The van der Waals surface area contributed by atoms with Crippen molar-refractivity contribution >= 4 is 5.97 Å². The molecule has 0 aliphatic heterocycles. The van der Waals surface area contributed by atoms with Crippen LogP contribution in [0.2, 0.25) is 0 Å². The highest BCUT2D eigenvalue weighted by molar-refractivity contribution is 5.73. The summed E-state index contributed by atoms with van der Waals surface area (Å²) in [6.45, 7) is 1.41. The molecule has 0 heterocycles. The van der Waals surface area contributed by atoms with E-state index >= 15 is 0 Å². The van der Waals surface area contributed by atoms with Crippen molar-refractivity contribution in [2.45, 2.75) is 19.4 Å². The number of benzene rings is 1. The SMILES string of the molecule is Cc1cc(CC(N)C(=O)O)cc(F)c1F. The van der Waals surface area contributed by atoms with Gasteiger partial charge in [-0.25, -0.2) is 8.78 Å². The third-order valence-corrected chi connectivity index (χ3v) is 2.04. The number of nitrogens with two attached hydrogens (primary N) is 1. The number of carboxylic acids is 1. The summed E-state index contributed by atoms with van der Waals surface area (Å²) in [7, 11) is 0. The van der Waals surface area contributed by atoms with Crippen LogP contribution in [0.4, 0.5) is 8.78 Å². The third-order valence-electron chi connectivity index (χ3n) is 2.04. The fraction of sp³-hybridized carbons (Fsp3) is 0.300. The van der Waals surface area contributed by atoms with Gasteiger partial charge in [-0.2, -0.15) is 0 Å². The van der Waals surface area contributed by atoms with Crippen molar-refractivity contribution in [2.75, 3.05) is 0 Å². The zero-order valence-electron chi connectivity index (χ0n) is 8.13. The number of halogens is 2. The number of rotatable bonds is 3. The summed E-state index contributed by atoms with van der Waals surface area (Å²) < 4.78 is 25.8. The molecule has 0 aliphatic rings. The minimum absolute atomic E-state index is 0.0205. The highest BCUT2D eigenvalue weighted by atomic mass is 19.2. The van der Waals surface area contributed by atoms with Gasteiger partial charge in [-0.3, -0.25) is 4.79 Å². The normalized spacial score (nSPS) is 12.5. The second-order valence-corrected chi connectivity index (χ2v) is 3.36. The van der Waals surface area contributed by atoms with Crippen LogP contribution in [-0.2, 0) is 11.2 Å². The van der Waals surface area contributed by atoms with E-state index in [2.05, 4.69) is 0 Å². The van der Waals surface area contributed by atoms with Gasteiger partial charge in [0.25, 0.3) is 0 Å². The summed E-state index contributed by atoms with van der Waals surface area (Å²) in [5.41, 5.74) is 5.79. The number of aliphatic carboxylic acids is 1. The van der Waals surface area contributed by atoms with E-state index in [1.165, 1.54) is 13.0 Å². The van der Waals surface area contributed by atoms with Crippen molar-refractivity contribution in [3.05, 3.63) is 34.9 Å². The molecule has 1 atom stereocenters. The van der Waals surface area contributed by atoms with Crippen molar-refractivity contribution in [1.82, 2.24) is 0 Å². The Hall–Kier alpha value is -1.49. The molecule has 3 nitrogen and oxygen atoms in total. The summed E-state index contributed by atoms with van der Waals surface area (Å²) in [5, 5.41) is 8.54. The number of aryl methyl sites for hydroxylation is 1. The fourth-order valence-electron chi connectivity index (χ4n) is 1.26. The molecule has 3 N–H and O–H groups in total. The lowest BCUT2D eigenvalue weighted by Crippen LogP contribution is -2.32. The van der Waals surface area contributed by atoms with Crippen LogP contribution in [0.1, 0.15) is 11.1 Å². The molecule has 0 aromatic heterocycles. The lowest BCUT2D eigenvalue weighted by Gasteiger charge is -2.08. The first-order valence-electron chi connectivity index (χ1n) is 4.34. The van der Waals surface area contributed by atoms with Crippen molar-refractivity contribution in [1.29, 1.82) is 0 Å². The molecule has 0 amide bonds. The molecule has 0 radical (unpaired) electrons. The maximum absolute atomic E-state index is 12.9. The number of carboxylic acid groups (broad SMARTS) is 1. The van der Waals surface area contributed by atoms with Crippen molar-refractivity contribution in [2.24, 2.45) is 5.73 Å². The van der Waals surface area contributed by atoms with E-state index in [4.69, 9.17) is 10.8 Å². The van der Waals surface area contributed by atoms with Crippen LogP contribution in [0.25, 0.3) is 0 Å². The van der Waals surface area contributed by atoms with Crippen molar-refractivity contribution < 1.29 is 18.7 Å². The van der Waals surface area contributed by atoms with E-state index in [-0.39, 0.29) is 12.0 Å². The molecule has 0 spiro atoms. The highest BCUT2D eigenvalue weighted by Gasteiger charge is 2.14. The Labute approximate surface area is 85.5 Å². The molecular weight excluding hydrogens is 204 g/mol. The van der Waals surface area contributed by atoms with Crippen LogP contribution in [0.3, 0.4) is 0 Å². The molecule has 15 heavy (non-hydrogen) atoms. The minimum Gasteiger partial charge on any atom is -0.480 e. The summed E-state index contributed by atoms with van der Waals surface area (Å²) in [4.78, 5) is 10.4. The molecule has 0 aliphatic carbocycles. The number of hydrogen-bond donors (Lipinski definition) is 2. The summed E-state index contributed by atoms with van der Waals surface area (Å²) in [5.74, 6) is -3.07. The Kier molecular flexibility index (Phi) is 3.36. The predicted octanol–water partition coefficient (Wildman–Crippen LogP) is 1.23. The molecular formula is C10H11F2NO2. The Morgan fingerprint density at radius 1 is 1.53 bits per heavy atom. The average molecular weight is 215 g/mol. The molecule has 0 saturated heterocycles. The van der Waals surface area contributed by atoms with E-state index < -0.39 is 23.6 Å². The molecule has 1 aromatic rings. The Bertz CT molecular complexity index is 370. The molecule has 5 heteroatoms. The number of carbonyl (C=O) groups is 1. The van der Waals surface area contributed by atoms with E-state index in [1.807, 2.05) is 0 Å². The van der Waals surface area contributed by atoms with Crippen LogP contribution in [0.5, 0.6) is 0 Å². The third kappa shape index (κ3) is 2.73. The van der Waals surface area contributed by atoms with Crippen LogP contribution < -0.4 is 5.73 Å². The lowest BCUT2D eigenvalue weighted by atomic mass is 10.0. The largest absolute Gasteiger partial charge is 0.480 e. The Morgan fingerprint density at radius 2 is 2.13 bits per heavy atom. The topological polar surface area (TPSA) is 63.3 Å². The molecule has 0 bridgehead atoms. The van der Waals surface area contributed by atoms with Crippen molar-refractivity contribution in [3.8, 4) is 0 Å². The Morgan fingerprint density at radius 3 is 2.60 bits per heavy atom. The molecule has 1 aromatic carbocycles. The van der Waals surface area contributed by atoms with E-state index in [9.17, 15) is 13.6 Å².